The van der Waals surface area contributed by atoms with Crippen molar-refractivity contribution in [2.75, 3.05) is 13.2 Å². The largest absolute Gasteiger partial charge is 0.481 e. The average molecular weight is 152 g/mol. The van der Waals surface area contributed by atoms with Crippen molar-refractivity contribution in [3.63, 3.8) is 0 Å². The number of carbonyl (C=O) groups is 1. The van der Waals surface area contributed by atoms with Gasteiger partial charge in [0.2, 0.25) is 0 Å². The highest BCUT2D eigenvalue weighted by atomic mass is 19.3. The van der Waals surface area contributed by atoms with E-state index in [1.807, 2.05) is 0 Å². The van der Waals surface area contributed by atoms with Gasteiger partial charge in [-0.2, -0.15) is 0 Å². The summed E-state index contributed by atoms with van der Waals surface area (Å²) in [5, 5.41) is 8.19. The number of hydrogen-bond acceptors (Lipinski definition) is 2. The maximum absolute atomic E-state index is 12.4. The summed E-state index contributed by atoms with van der Waals surface area (Å²) < 4.78 is 29.0. The molecule has 10 heavy (non-hydrogen) atoms. The van der Waals surface area contributed by atoms with Gasteiger partial charge in [-0.05, 0) is 0 Å². The first-order valence-electron chi connectivity index (χ1n) is 2.72. The summed E-state index contributed by atoms with van der Waals surface area (Å²) in [5.41, 5.74) is 0. The summed E-state index contributed by atoms with van der Waals surface area (Å²) in [4.78, 5) is 10.1. The van der Waals surface area contributed by atoms with Crippen LogP contribution in [0.1, 0.15) is 0 Å². The highest BCUT2D eigenvalue weighted by Crippen LogP contribution is 2.30. The van der Waals surface area contributed by atoms with Crippen molar-refractivity contribution in [1.29, 1.82) is 0 Å². The van der Waals surface area contributed by atoms with E-state index in [9.17, 15) is 13.6 Å². The minimum absolute atomic E-state index is 0.387. The Hall–Kier alpha value is -0.710. The van der Waals surface area contributed by atoms with E-state index in [-0.39, 0.29) is 6.61 Å². The molecule has 0 amide bonds. The molecule has 3 nitrogen and oxygen atoms in total. The van der Waals surface area contributed by atoms with Gasteiger partial charge in [0.25, 0.3) is 5.92 Å². The smallest absolute Gasteiger partial charge is 0.315 e. The van der Waals surface area contributed by atoms with Crippen molar-refractivity contribution in [2.24, 2.45) is 5.92 Å². The van der Waals surface area contributed by atoms with Crippen molar-refractivity contribution >= 4 is 5.97 Å². The van der Waals surface area contributed by atoms with Gasteiger partial charge in [0, 0.05) is 0 Å². The minimum Gasteiger partial charge on any atom is -0.481 e. The van der Waals surface area contributed by atoms with Gasteiger partial charge in [-0.25, -0.2) is 8.78 Å². The first-order chi connectivity index (χ1) is 4.54. The van der Waals surface area contributed by atoms with Crippen molar-refractivity contribution in [2.45, 2.75) is 5.92 Å². The molecule has 1 unspecified atom stereocenters. The third-order valence-corrected chi connectivity index (χ3v) is 1.39. The maximum atomic E-state index is 12.4. The molecule has 1 aliphatic rings. The second-order valence-corrected chi connectivity index (χ2v) is 2.17. The Labute approximate surface area is 55.6 Å². The molecule has 0 spiro atoms. The van der Waals surface area contributed by atoms with Crippen LogP contribution in [0.25, 0.3) is 0 Å². The highest BCUT2D eigenvalue weighted by Gasteiger charge is 2.49. The summed E-state index contributed by atoms with van der Waals surface area (Å²) in [6.07, 6.45) is 0. The van der Waals surface area contributed by atoms with Crippen LogP contribution in [0, 0.1) is 5.92 Å². The summed E-state index contributed by atoms with van der Waals surface area (Å²) in [7, 11) is 0. The van der Waals surface area contributed by atoms with Gasteiger partial charge in [0.15, 0.2) is 0 Å². The third-order valence-electron chi connectivity index (χ3n) is 1.39. The molecule has 1 fully saturated rings. The van der Waals surface area contributed by atoms with Gasteiger partial charge in [-0.15, -0.1) is 0 Å². The van der Waals surface area contributed by atoms with Crippen LogP contribution in [0.4, 0.5) is 8.78 Å². The van der Waals surface area contributed by atoms with E-state index in [4.69, 9.17) is 5.11 Å². The third kappa shape index (κ3) is 1.09. The zero-order valence-corrected chi connectivity index (χ0v) is 5.01. The van der Waals surface area contributed by atoms with E-state index in [1.54, 1.807) is 0 Å². The molecule has 1 aliphatic heterocycles. The molecule has 0 aromatic heterocycles. The zero-order chi connectivity index (χ0) is 7.78. The molecule has 1 heterocycles. The lowest BCUT2D eigenvalue weighted by Crippen LogP contribution is -2.32. The van der Waals surface area contributed by atoms with E-state index in [0.29, 0.717) is 0 Å². The van der Waals surface area contributed by atoms with E-state index >= 15 is 0 Å². The molecule has 0 aromatic carbocycles. The Morgan fingerprint density at radius 3 is 2.50 bits per heavy atom. The predicted molar refractivity (Wildman–Crippen MR) is 26.9 cm³/mol. The molecule has 1 saturated heterocycles. The molecule has 5 heteroatoms. The Morgan fingerprint density at radius 2 is 2.30 bits per heavy atom. The highest BCUT2D eigenvalue weighted by molar-refractivity contribution is 5.71. The Kier molecular flexibility index (Phi) is 1.60. The van der Waals surface area contributed by atoms with Crippen molar-refractivity contribution in [3.8, 4) is 0 Å². The van der Waals surface area contributed by atoms with Crippen LogP contribution in [0.15, 0.2) is 0 Å². The van der Waals surface area contributed by atoms with Gasteiger partial charge >= 0.3 is 5.97 Å². The molecule has 58 valence electrons. The van der Waals surface area contributed by atoms with Gasteiger partial charge in [0.05, 0.1) is 6.61 Å². The summed E-state index contributed by atoms with van der Waals surface area (Å²) in [6, 6.07) is 0. The summed E-state index contributed by atoms with van der Waals surface area (Å²) >= 11 is 0. The van der Waals surface area contributed by atoms with E-state index < -0.39 is 24.4 Å². The van der Waals surface area contributed by atoms with Gasteiger partial charge < -0.3 is 9.84 Å². The van der Waals surface area contributed by atoms with Crippen molar-refractivity contribution in [3.05, 3.63) is 0 Å². The number of carboxylic acids is 1. The summed E-state index contributed by atoms with van der Waals surface area (Å²) in [6.45, 7) is -1.16. The van der Waals surface area contributed by atoms with Gasteiger partial charge in [-0.3, -0.25) is 4.79 Å². The van der Waals surface area contributed by atoms with E-state index in [1.165, 1.54) is 0 Å². The van der Waals surface area contributed by atoms with Gasteiger partial charge in [0.1, 0.15) is 12.5 Å². The molecule has 0 radical (unpaired) electrons. The lowest BCUT2D eigenvalue weighted by molar-refractivity contribution is -0.151. The lowest BCUT2D eigenvalue weighted by Gasteiger charge is -2.10. The molecule has 1 N–H and O–H groups in total. The van der Waals surface area contributed by atoms with Crippen LogP contribution in [0.2, 0.25) is 0 Å². The van der Waals surface area contributed by atoms with Crippen molar-refractivity contribution in [1.82, 2.24) is 0 Å². The fraction of sp³-hybridized carbons (Fsp3) is 0.800. The Balaban J connectivity index is 2.68. The average Bonchev–Trinajstić information content (AvgIpc) is 2.08. The second-order valence-electron chi connectivity index (χ2n) is 2.17. The molecule has 0 aliphatic carbocycles. The maximum Gasteiger partial charge on any atom is 0.315 e. The van der Waals surface area contributed by atoms with Gasteiger partial charge in [-0.1, -0.05) is 0 Å². The van der Waals surface area contributed by atoms with E-state index in [0.717, 1.165) is 0 Å². The minimum atomic E-state index is -3.19. The topological polar surface area (TPSA) is 46.5 Å². The predicted octanol–water partition coefficient (Wildman–Crippen LogP) is 0.353. The van der Waals surface area contributed by atoms with Crippen LogP contribution < -0.4 is 0 Å². The standard InChI is InChI=1S/C5H6F2O3/c6-5(7)2-10-1-3(5)4(8)9/h3H,1-2H2,(H,8,9). The second kappa shape index (κ2) is 2.16. The lowest BCUT2D eigenvalue weighted by atomic mass is 10.1. The van der Waals surface area contributed by atoms with Crippen LogP contribution in [0.5, 0.6) is 0 Å². The number of carboxylic acid groups (broad SMARTS) is 1. The normalized spacial score (nSPS) is 30.4. The SMILES string of the molecule is O=C(O)C1COCC1(F)F. The van der Waals surface area contributed by atoms with Crippen LogP contribution in [-0.2, 0) is 9.53 Å². The molecule has 0 bridgehead atoms. The number of alkyl halides is 2. The van der Waals surface area contributed by atoms with Crippen molar-refractivity contribution < 1.29 is 23.4 Å². The number of ether oxygens (including phenoxy) is 1. The van der Waals surface area contributed by atoms with Crippen LogP contribution >= 0.6 is 0 Å². The Morgan fingerprint density at radius 1 is 1.70 bits per heavy atom. The molecular weight excluding hydrogens is 146 g/mol. The number of rotatable bonds is 1. The first-order valence-corrected chi connectivity index (χ1v) is 2.72. The van der Waals surface area contributed by atoms with E-state index in [2.05, 4.69) is 4.74 Å². The number of halogens is 2. The number of hydrogen-bond donors (Lipinski definition) is 1. The number of aliphatic carboxylic acids is 1. The monoisotopic (exact) mass is 152 g/mol. The quantitative estimate of drug-likeness (QED) is 0.589. The van der Waals surface area contributed by atoms with Crippen LogP contribution in [0.3, 0.4) is 0 Å². The fourth-order valence-electron chi connectivity index (χ4n) is 0.787. The zero-order valence-electron chi connectivity index (χ0n) is 5.01. The molecule has 1 atom stereocenters. The molecular formula is C5H6F2O3. The fourth-order valence-corrected chi connectivity index (χ4v) is 0.787. The molecule has 0 aromatic rings. The Bertz CT molecular complexity index is 157. The first kappa shape index (κ1) is 7.40. The molecule has 0 saturated carbocycles. The summed E-state index contributed by atoms with van der Waals surface area (Å²) in [5.74, 6) is -6.35. The van der Waals surface area contributed by atoms with Crippen LogP contribution in [-0.4, -0.2) is 30.2 Å². The molecule has 1 rings (SSSR count).